The maximum absolute atomic E-state index is 12.7. The summed E-state index contributed by atoms with van der Waals surface area (Å²) in [6.45, 7) is 5.80. The number of carbonyl (C=O) groups excluding carboxylic acids is 1. The van der Waals surface area contributed by atoms with Gasteiger partial charge in [-0.2, -0.15) is 0 Å². The SMILES string of the molecule is CC1CCN(C(=O)C2CNCc3ccccc32)CC1. The van der Waals surface area contributed by atoms with Crippen molar-refractivity contribution in [2.24, 2.45) is 5.92 Å². The third-order valence-electron chi connectivity index (χ3n) is 4.49. The average Bonchev–Trinajstić information content (AvgIpc) is 2.47. The van der Waals surface area contributed by atoms with Gasteiger partial charge in [-0.1, -0.05) is 31.2 Å². The Morgan fingerprint density at radius 1 is 1.26 bits per heavy atom. The number of nitrogens with zero attached hydrogens (tertiary/aromatic N) is 1. The fourth-order valence-electron chi connectivity index (χ4n) is 3.17. The fourth-order valence-corrected chi connectivity index (χ4v) is 3.17. The smallest absolute Gasteiger partial charge is 0.231 e. The lowest BCUT2D eigenvalue weighted by Gasteiger charge is -2.35. The Hall–Kier alpha value is -1.35. The number of piperidine rings is 1. The zero-order valence-corrected chi connectivity index (χ0v) is 11.6. The monoisotopic (exact) mass is 258 g/mol. The van der Waals surface area contributed by atoms with Crippen LogP contribution in [-0.2, 0) is 11.3 Å². The van der Waals surface area contributed by atoms with Crippen LogP contribution in [0.4, 0.5) is 0 Å². The van der Waals surface area contributed by atoms with Crippen LogP contribution in [0.2, 0.25) is 0 Å². The second-order valence-electron chi connectivity index (χ2n) is 5.89. The van der Waals surface area contributed by atoms with Crippen LogP contribution in [0, 0.1) is 5.92 Å². The van der Waals surface area contributed by atoms with E-state index in [1.807, 2.05) is 6.07 Å². The lowest BCUT2D eigenvalue weighted by atomic mass is 9.89. The van der Waals surface area contributed by atoms with E-state index in [0.29, 0.717) is 5.91 Å². The maximum atomic E-state index is 12.7. The summed E-state index contributed by atoms with van der Waals surface area (Å²) in [4.78, 5) is 14.8. The molecular weight excluding hydrogens is 236 g/mol. The van der Waals surface area contributed by atoms with Gasteiger partial charge in [0.05, 0.1) is 5.92 Å². The predicted octanol–water partition coefficient (Wildman–Crippen LogP) is 2.13. The summed E-state index contributed by atoms with van der Waals surface area (Å²) in [5.74, 6) is 1.09. The molecule has 2 heterocycles. The number of benzene rings is 1. The molecule has 0 spiro atoms. The first-order chi connectivity index (χ1) is 9.25. The lowest BCUT2D eigenvalue weighted by molar-refractivity contribution is -0.134. The lowest BCUT2D eigenvalue weighted by Crippen LogP contribution is -2.44. The van der Waals surface area contributed by atoms with Crippen molar-refractivity contribution < 1.29 is 4.79 Å². The van der Waals surface area contributed by atoms with E-state index in [9.17, 15) is 4.79 Å². The summed E-state index contributed by atoms with van der Waals surface area (Å²) < 4.78 is 0. The van der Waals surface area contributed by atoms with Gasteiger partial charge in [-0.3, -0.25) is 4.79 Å². The van der Waals surface area contributed by atoms with E-state index in [2.05, 4.69) is 35.3 Å². The molecule has 1 aromatic rings. The Morgan fingerprint density at radius 2 is 2.00 bits per heavy atom. The minimum atomic E-state index is 0.0124. The zero-order valence-electron chi connectivity index (χ0n) is 11.6. The Morgan fingerprint density at radius 3 is 2.79 bits per heavy atom. The second-order valence-corrected chi connectivity index (χ2v) is 5.89. The highest BCUT2D eigenvalue weighted by atomic mass is 16.2. The van der Waals surface area contributed by atoms with Gasteiger partial charge < -0.3 is 10.2 Å². The molecule has 3 heteroatoms. The van der Waals surface area contributed by atoms with Gasteiger partial charge in [0.1, 0.15) is 0 Å². The number of likely N-dealkylation sites (tertiary alicyclic amines) is 1. The maximum Gasteiger partial charge on any atom is 0.231 e. The van der Waals surface area contributed by atoms with Gasteiger partial charge >= 0.3 is 0 Å². The summed E-state index contributed by atoms with van der Waals surface area (Å²) >= 11 is 0. The molecule has 1 N–H and O–H groups in total. The van der Waals surface area contributed by atoms with Gasteiger partial charge in [-0.05, 0) is 29.9 Å². The summed E-state index contributed by atoms with van der Waals surface area (Å²) in [6.07, 6.45) is 2.29. The van der Waals surface area contributed by atoms with Gasteiger partial charge in [0, 0.05) is 26.2 Å². The molecule has 0 aliphatic carbocycles. The number of rotatable bonds is 1. The van der Waals surface area contributed by atoms with Gasteiger partial charge in [0.2, 0.25) is 5.91 Å². The van der Waals surface area contributed by atoms with E-state index in [1.54, 1.807) is 0 Å². The predicted molar refractivity (Wildman–Crippen MR) is 75.9 cm³/mol. The summed E-state index contributed by atoms with van der Waals surface area (Å²) in [6, 6.07) is 8.34. The molecule has 1 fully saturated rings. The van der Waals surface area contributed by atoms with E-state index in [4.69, 9.17) is 0 Å². The van der Waals surface area contributed by atoms with Crippen LogP contribution in [0.15, 0.2) is 24.3 Å². The van der Waals surface area contributed by atoms with Crippen LogP contribution in [0.5, 0.6) is 0 Å². The van der Waals surface area contributed by atoms with Crippen LogP contribution >= 0.6 is 0 Å². The van der Waals surface area contributed by atoms with Gasteiger partial charge in [0.15, 0.2) is 0 Å². The van der Waals surface area contributed by atoms with Crippen molar-refractivity contribution in [3.8, 4) is 0 Å². The standard InChI is InChI=1S/C16H22N2O/c1-12-6-8-18(9-7-12)16(19)15-11-17-10-13-4-2-3-5-14(13)15/h2-5,12,15,17H,6-11H2,1H3. The molecule has 0 aromatic heterocycles. The zero-order chi connectivity index (χ0) is 13.2. The molecular formula is C16H22N2O. The molecule has 1 unspecified atom stereocenters. The number of nitrogens with one attached hydrogen (secondary N) is 1. The number of carbonyl (C=O) groups is 1. The molecule has 3 rings (SSSR count). The molecule has 2 aliphatic rings. The van der Waals surface area contributed by atoms with E-state index >= 15 is 0 Å². The number of fused-ring (bicyclic) bond motifs is 1. The Kier molecular flexibility index (Phi) is 3.56. The molecule has 102 valence electrons. The minimum Gasteiger partial charge on any atom is -0.342 e. The van der Waals surface area contributed by atoms with Gasteiger partial charge in [0.25, 0.3) is 0 Å². The summed E-state index contributed by atoms with van der Waals surface area (Å²) in [7, 11) is 0. The van der Waals surface area contributed by atoms with Crippen LogP contribution in [-0.4, -0.2) is 30.4 Å². The Balaban J connectivity index is 1.78. The second kappa shape index (κ2) is 5.33. The molecule has 0 saturated carbocycles. The summed E-state index contributed by atoms with van der Waals surface area (Å²) in [5.41, 5.74) is 2.50. The molecule has 19 heavy (non-hydrogen) atoms. The quantitative estimate of drug-likeness (QED) is 0.837. The van der Waals surface area contributed by atoms with Crippen LogP contribution in [0.3, 0.4) is 0 Å². The Labute approximate surface area is 115 Å². The van der Waals surface area contributed by atoms with Crippen LogP contribution < -0.4 is 5.32 Å². The minimum absolute atomic E-state index is 0.0124. The first-order valence-electron chi connectivity index (χ1n) is 7.33. The van der Waals surface area contributed by atoms with E-state index < -0.39 is 0 Å². The highest BCUT2D eigenvalue weighted by Crippen LogP contribution is 2.27. The van der Waals surface area contributed by atoms with E-state index in [-0.39, 0.29) is 5.92 Å². The van der Waals surface area contributed by atoms with Crippen LogP contribution in [0.1, 0.15) is 36.8 Å². The van der Waals surface area contributed by atoms with Crippen molar-refractivity contribution in [1.82, 2.24) is 10.2 Å². The van der Waals surface area contributed by atoms with Crippen molar-refractivity contribution in [1.29, 1.82) is 0 Å². The number of hydrogen-bond acceptors (Lipinski definition) is 2. The topological polar surface area (TPSA) is 32.3 Å². The van der Waals surface area contributed by atoms with E-state index in [1.165, 1.54) is 11.1 Å². The van der Waals surface area contributed by atoms with Crippen molar-refractivity contribution in [3.05, 3.63) is 35.4 Å². The summed E-state index contributed by atoms with van der Waals surface area (Å²) in [5, 5.41) is 3.37. The third-order valence-corrected chi connectivity index (χ3v) is 4.49. The van der Waals surface area contributed by atoms with Gasteiger partial charge in [-0.25, -0.2) is 0 Å². The molecule has 0 bridgehead atoms. The number of amides is 1. The van der Waals surface area contributed by atoms with Gasteiger partial charge in [-0.15, -0.1) is 0 Å². The largest absolute Gasteiger partial charge is 0.342 e. The molecule has 1 saturated heterocycles. The van der Waals surface area contributed by atoms with Crippen molar-refractivity contribution in [2.45, 2.75) is 32.2 Å². The molecule has 1 amide bonds. The third kappa shape index (κ3) is 2.52. The first-order valence-corrected chi connectivity index (χ1v) is 7.33. The molecule has 0 radical (unpaired) electrons. The normalized spacial score (nSPS) is 24.1. The number of hydrogen-bond donors (Lipinski definition) is 1. The van der Waals surface area contributed by atoms with Crippen molar-refractivity contribution in [2.75, 3.05) is 19.6 Å². The molecule has 2 aliphatic heterocycles. The van der Waals surface area contributed by atoms with Crippen molar-refractivity contribution in [3.63, 3.8) is 0 Å². The van der Waals surface area contributed by atoms with Crippen molar-refractivity contribution >= 4 is 5.91 Å². The van der Waals surface area contributed by atoms with Crippen LogP contribution in [0.25, 0.3) is 0 Å². The highest BCUT2D eigenvalue weighted by molar-refractivity contribution is 5.84. The van der Waals surface area contributed by atoms with E-state index in [0.717, 1.165) is 44.9 Å². The Bertz CT molecular complexity index is 464. The first kappa shape index (κ1) is 12.7. The fraction of sp³-hybridized carbons (Fsp3) is 0.562. The highest BCUT2D eigenvalue weighted by Gasteiger charge is 2.31. The molecule has 3 nitrogen and oxygen atoms in total. The molecule has 1 atom stereocenters. The average molecular weight is 258 g/mol. The molecule has 1 aromatic carbocycles.